The second kappa shape index (κ2) is 8.57. The van der Waals surface area contributed by atoms with Crippen LogP contribution in [-0.2, 0) is 14.3 Å². The van der Waals surface area contributed by atoms with Crippen molar-refractivity contribution in [2.24, 2.45) is 5.41 Å². The van der Waals surface area contributed by atoms with Crippen LogP contribution in [0.25, 0.3) is 0 Å². The Hall–Kier alpha value is -0.840. The summed E-state index contributed by atoms with van der Waals surface area (Å²) >= 11 is 1.76. The highest BCUT2D eigenvalue weighted by atomic mass is 32.2. The van der Waals surface area contributed by atoms with Gasteiger partial charge < -0.3 is 14.3 Å². The van der Waals surface area contributed by atoms with Gasteiger partial charge in [0, 0.05) is 36.7 Å². The van der Waals surface area contributed by atoms with Gasteiger partial charge in [-0.15, -0.1) is 11.8 Å². The lowest BCUT2D eigenvalue weighted by Crippen LogP contribution is -2.36. The molecule has 0 aromatic heterocycles. The molecule has 0 aliphatic carbocycles. The molecule has 4 heteroatoms. The fourth-order valence-corrected chi connectivity index (χ4v) is 3.05. The standard InChI is InChI=1S/C17H26O3S/c1-13-6-8-15(9-7-13)21-11-14(19-4)10-16(20-5)17(2,3)12-18/h6-9,12,14,16H,10-11H2,1-5H3. The number of rotatable bonds is 9. The van der Waals surface area contributed by atoms with Crippen LogP contribution in [0.1, 0.15) is 25.8 Å². The zero-order chi connectivity index (χ0) is 15.9. The first-order chi connectivity index (χ1) is 9.92. The molecular weight excluding hydrogens is 284 g/mol. The van der Waals surface area contributed by atoms with Crippen LogP contribution in [0.5, 0.6) is 0 Å². The number of aldehydes is 1. The van der Waals surface area contributed by atoms with E-state index >= 15 is 0 Å². The van der Waals surface area contributed by atoms with Crippen molar-refractivity contribution in [1.82, 2.24) is 0 Å². The van der Waals surface area contributed by atoms with E-state index in [1.165, 1.54) is 10.5 Å². The highest BCUT2D eigenvalue weighted by Gasteiger charge is 2.31. The summed E-state index contributed by atoms with van der Waals surface area (Å²) in [6, 6.07) is 8.46. The van der Waals surface area contributed by atoms with Crippen LogP contribution in [0.15, 0.2) is 29.2 Å². The van der Waals surface area contributed by atoms with E-state index < -0.39 is 5.41 Å². The van der Waals surface area contributed by atoms with Crippen LogP contribution >= 0.6 is 11.8 Å². The van der Waals surface area contributed by atoms with Crippen molar-refractivity contribution in [3.63, 3.8) is 0 Å². The summed E-state index contributed by atoms with van der Waals surface area (Å²) in [7, 11) is 3.36. The Morgan fingerprint density at radius 3 is 2.29 bits per heavy atom. The van der Waals surface area contributed by atoms with E-state index in [-0.39, 0.29) is 12.2 Å². The van der Waals surface area contributed by atoms with E-state index in [4.69, 9.17) is 9.47 Å². The van der Waals surface area contributed by atoms with E-state index in [1.54, 1.807) is 26.0 Å². The second-order valence-corrected chi connectivity index (χ2v) is 6.97. The molecule has 0 saturated carbocycles. The van der Waals surface area contributed by atoms with Crippen molar-refractivity contribution in [3.8, 4) is 0 Å². The largest absolute Gasteiger partial charge is 0.380 e. The SMILES string of the molecule is COC(CSc1ccc(C)cc1)CC(OC)C(C)(C)C=O. The molecule has 2 atom stereocenters. The summed E-state index contributed by atoms with van der Waals surface area (Å²) in [5.41, 5.74) is 0.759. The van der Waals surface area contributed by atoms with Gasteiger partial charge in [0.1, 0.15) is 6.29 Å². The number of carbonyl (C=O) groups is 1. The molecule has 0 radical (unpaired) electrons. The van der Waals surface area contributed by atoms with Crippen molar-refractivity contribution in [3.05, 3.63) is 29.8 Å². The quantitative estimate of drug-likeness (QED) is 0.514. The molecule has 1 aromatic carbocycles. The van der Waals surface area contributed by atoms with Gasteiger partial charge in [-0.05, 0) is 19.1 Å². The first kappa shape index (κ1) is 18.2. The summed E-state index contributed by atoms with van der Waals surface area (Å²) in [5.74, 6) is 0.842. The number of ether oxygens (including phenoxy) is 2. The summed E-state index contributed by atoms with van der Waals surface area (Å²) < 4.78 is 11.0. The minimum atomic E-state index is -0.500. The topological polar surface area (TPSA) is 35.5 Å². The van der Waals surface area contributed by atoms with Crippen molar-refractivity contribution in [2.75, 3.05) is 20.0 Å². The number of hydrogen-bond donors (Lipinski definition) is 0. The highest BCUT2D eigenvalue weighted by molar-refractivity contribution is 7.99. The van der Waals surface area contributed by atoms with Crippen LogP contribution in [0, 0.1) is 12.3 Å². The number of thioether (sulfide) groups is 1. The monoisotopic (exact) mass is 310 g/mol. The van der Waals surface area contributed by atoms with Crippen LogP contribution in [-0.4, -0.2) is 38.5 Å². The van der Waals surface area contributed by atoms with Crippen LogP contribution in [0.4, 0.5) is 0 Å². The molecule has 0 bridgehead atoms. The molecule has 0 fully saturated rings. The molecule has 0 heterocycles. The lowest BCUT2D eigenvalue weighted by Gasteiger charge is -2.30. The fourth-order valence-electron chi connectivity index (χ4n) is 2.07. The first-order valence-electron chi connectivity index (χ1n) is 7.14. The number of methoxy groups -OCH3 is 2. The van der Waals surface area contributed by atoms with Gasteiger partial charge in [0.15, 0.2) is 0 Å². The molecule has 0 saturated heterocycles. The van der Waals surface area contributed by atoms with Gasteiger partial charge in [0.2, 0.25) is 0 Å². The second-order valence-electron chi connectivity index (χ2n) is 5.88. The Labute approximate surface area is 132 Å². The van der Waals surface area contributed by atoms with Gasteiger partial charge in [-0.25, -0.2) is 0 Å². The van der Waals surface area contributed by atoms with Gasteiger partial charge in [-0.3, -0.25) is 0 Å². The Morgan fingerprint density at radius 1 is 1.19 bits per heavy atom. The third kappa shape index (κ3) is 5.81. The van der Waals surface area contributed by atoms with Crippen LogP contribution in [0.2, 0.25) is 0 Å². The molecular formula is C17H26O3S. The van der Waals surface area contributed by atoms with Crippen molar-refractivity contribution < 1.29 is 14.3 Å². The van der Waals surface area contributed by atoms with Gasteiger partial charge >= 0.3 is 0 Å². The Bertz CT molecular complexity index is 428. The maximum Gasteiger partial charge on any atom is 0.128 e. The van der Waals surface area contributed by atoms with Crippen molar-refractivity contribution in [1.29, 1.82) is 0 Å². The molecule has 0 aliphatic rings. The van der Waals surface area contributed by atoms with Crippen molar-refractivity contribution >= 4 is 18.0 Å². The third-order valence-corrected chi connectivity index (χ3v) is 4.83. The van der Waals surface area contributed by atoms with Gasteiger partial charge in [0.25, 0.3) is 0 Å². The Morgan fingerprint density at radius 2 is 1.81 bits per heavy atom. The third-order valence-electron chi connectivity index (χ3n) is 3.69. The number of carbonyl (C=O) groups excluding carboxylic acids is 1. The average molecular weight is 310 g/mol. The predicted molar refractivity (Wildman–Crippen MR) is 88.0 cm³/mol. The zero-order valence-electron chi connectivity index (χ0n) is 13.6. The minimum Gasteiger partial charge on any atom is -0.380 e. The van der Waals surface area contributed by atoms with E-state index in [9.17, 15) is 4.79 Å². The van der Waals surface area contributed by atoms with Crippen molar-refractivity contribution in [2.45, 2.75) is 44.3 Å². The van der Waals surface area contributed by atoms with E-state index in [0.29, 0.717) is 6.42 Å². The van der Waals surface area contributed by atoms with E-state index in [2.05, 4.69) is 31.2 Å². The van der Waals surface area contributed by atoms with E-state index in [0.717, 1.165) is 12.0 Å². The molecule has 0 aliphatic heterocycles. The lowest BCUT2D eigenvalue weighted by molar-refractivity contribution is -0.123. The molecule has 1 rings (SSSR count). The van der Waals surface area contributed by atoms with Gasteiger partial charge in [0.05, 0.1) is 12.2 Å². The predicted octanol–water partition coefficient (Wildman–Crippen LogP) is 3.73. The summed E-state index contributed by atoms with van der Waals surface area (Å²) in [6.07, 6.45) is 1.58. The summed E-state index contributed by atoms with van der Waals surface area (Å²) in [4.78, 5) is 12.4. The summed E-state index contributed by atoms with van der Waals surface area (Å²) in [6.45, 7) is 5.87. The average Bonchev–Trinajstić information content (AvgIpc) is 2.49. The number of hydrogen-bond acceptors (Lipinski definition) is 4. The van der Waals surface area contributed by atoms with Crippen LogP contribution < -0.4 is 0 Å². The van der Waals surface area contributed by atoms with Crippen LogP contribution in [0.3, 0.4) is 0 Å². The Kier molecular flexibility index (Phi) is 7.43. The molecule has 0 spiro atoms. The maximum absolute atomic E-state index is 11.2. The fraction of sp³-hybridized carbons (Fsp3) is 0.588. The molecule has 3 nitrogen and oxygen atoms in total. The normalized spacial score (nSPS) is 14.7. The minimum absolute atomic E-state index is 0.0560. The maximum atomic E-state index is 11.2. The lowest BCUT2D eigenvalue weighted by atomic mass is 9.85. The molecule has 118 valence electrons. The molecule has 1 aromatic rings. The number of aryl methyl sites for hydroxylation is 1. The smallest absolute Gasteiger partial charge is 0.128 e. The molecule has 0 N–H and O–H groups in total. The Balaban J connectivity index is 2.58. The highest BCUT2D eigenvalue weighted by Crippen LogP contribution is 2.27. The molecule has 2 unspecified atom stereocenters. The molecule has 21 heavy (non-hydrogen) atoms. The van der Waals surface area contributed by atoms with E-state index in [1.807, 2.05) is 13.8 Å². The number of benzene rings is 1. The zero-order valence-corrected chi connectivity index (χ0v) is 14.4. The van der Waals surface area contributed by atoms with Gasteiger partial charge in [-0.2, -0.15) is 0 Å². The first-order valence-corrected chi connectivity index (χ1v) is 8.13. The van der Waals surface area contributed by atoms with Gasteiger partial charge in [-0.1, -0.05) is 31.5 Å². The summed E-state index contributed by atoms with van der Waals surface area (Å²) in [5, 5.41) is 0. The molecule has 0 amide bonds.